The van der Waals surface area contributed by atoms with E-state index >= 15 is 0 Å². The van der Waals surface area contributed by atoms with Crippen molar-refractivity contribution in [2.24, 2.45) is 0 Å². The Morgan fingerprint density at radius 1 is 1.00 bits per heavy atom. The number of rotatable bonds is 5. The quantitative estimate of drug-likeness (QED) is 0.902. The van der Waals surface area contributed by atoms with Gasteiger partial charge in [0.05, 0.1) is 14.2 Å². The minimum absolute atomic E-state index is 0.666. The van der Waals surface area contributed by atoms with Crippen molar-refractivity contribution in [2.45, 2.75) is 0 Å². The molecule has 0 aliphatic rings. The summed E-state index contributed by atoms with van der Waals surface area (Å²) in [4.78, 5) is 10.3. The maximum Gasteiger partial charge on any atom is 0.162 e. The number of hydrogen-bond donors (Lipinski definition) is 1. The number of benzene rings is 1. The molecule has 0 atom stereocenters. The van der Waals surface area contributed by atoms with Gasteiger partial charge in [0.25, 0.3) is 0 Å². The third kappa shape index (κ3) is 3.09. The second kappa shape index (κ2) is 6.10. The molecule has 0 aliphatic heterocycles. The average Bonchev–Trinajstić information content (AvgIpc) is 2.47. The Balaban J connectivity index is 2.23. The highest BCUT2D eigenvalue weighted by Crippen LogP contribution is 2.30. The number of hydrogen-bond acceptors (Lipinski definition) is 6. The van der Waals surface area contributed by atoms with E-state index in [4.69, 9.17) is 9.47 Å². The van der Waals surface area contributed by atoms with Crippen LogP contribution in [0.4, 0.5) is 17.3 Å². The van der Waals surface area contributed by atoms with Gasteiger partial charge < -0.3 is 19.7 Å². The van der Waals surface area contributed by atoms with Gasteiger partial charge in [0.1, 0.15) is 18.0 Å². The third-order valence-electron chi connectivity index (χ3n) is 2.77. The smallest absolute Gasteiger partial charge is 0.162 e. The first-order valence-electron chi connectivity index (χ1n) is 6.12. The van der Waals surface area contributed by atoms with E-state index < -0.39 is 0 Å². The molecule has 2 aromatic rings. The van der Waals surface area contributed by atoms with E-state index in [1.54, 1.807) is 14.2 Å². The minimum atomic E-state index is 0.666. The summed E-state index contributed by atoms with van der Waals surface area (Å²) in [7, 11) is 7.08. The largest absolute Gasteiger partial charge is 0.493 e. The van der Waals surface area contributed by atoms with Crippen molar-refractivity contribution in [1.82, 2.24) is 9.97 Å². The summed E-state index contributed by atoms with van der Waals surface area (Å²) in [6, 6.07) is 7.47. The van der Waals surface area contributed by atoms with Crippen LogP contribution in [0.1, 0.15) is 0 Å². The second-order valence-electron chi connectivity index (χ2n) is 4.35. The van der Waals surface area contributed by atoms with Crippen molar-refractivity contribution in [1.29, 1.82) is 0 Å². The number of methoxy groups -OCH3 is 2. The van der Waals surface area contributed by atoms with Gasteiger partial charge in [-0.1, -0.05) is 0 Å². The summed E-state index contributed by atoms with van der Waals surface area (Å²) in [6.45, 7) is 0. The molecule has 20 heavy (non-hydrogen) atoms. The molecular formula is C14H18N4O2. The van der Waals surface area contributed by atoms with Crippen LogP contribution in [0.3, 0.4) is 0 Å². The summed E-state index contributed by atoms with van der Waals surface area (Å²) in [5.74, 6) is 2.91. The SMILES string of the molecule is COc1ccc(Nc2cc(N(C)C)ncn2)cc1OC. The zero-order valence-corrected chi connectivity index (χ0v) is 12.0. The van der Waals surface area contributed by atoms with Crippen molar-refractivity contribution in [2.75, 3.05) is 38.5 Å². The van der Waals surface area contributed by atoms with Crippen molar-refractivity contribution in [3.8, 4) is 11.5 Å². The lowest BCUT2D eigenvalue weighted by molar-refractivity contribution is 0.355. The Morgan fingerprint density at radius 3 is 2.40 bits per heavy atom. The lowest BCUT2D eigenvalue weighted by Gasteiger charge is -2.13. The predicted molar refractivity (Wildman–Crippen MR) is 79.2 cm³/mol. The molecular weight excluding hydrogens is 256 g/mol. The Hall–Kier alpha value is -2.50. The molecule has 0 bridgehead atoms. The molecule has 0 unspecified atom stereocenters. The van der Waals surface area contributed by atoms with Gasteiger partial charge in [-0.15, -0.1) is 0 Å². The Morgan fingerprint density at radius 2 is 1.75 bits per heavy atom. The number of ether oxygens (including phenoxy) is 2. The molecule has 2 rings (SSSR count). The first-order valence-corrected chi connectivity index (χ1v) is 6.12. The van der Waals surface area contributed by atoms with Gasteiger partial charge in [0.2, 0.25) is 0 Å². The molecule has 0 spiro atoms. The maximum absolute atomic E-state index is 5.27. The zero-order valence-electron chi connectivity index (χ0n) is 12.0. The van der Waals surface area contributed by atoms with Crippen LogP contribution in [0.2, 0.25) is 0 Å². The van der Waals surface area contributed by atoms with Gasteiger partial charge in [-0.3, -0.25) is 0 Å². The molecule has 0 saturated heterocycles. The first-order chi connectivity index (χ1) is 9.63. The van der Waals surface area contributed by atoms with Gasteiger partial charge in [0.15, 0.2) is 11.5 Å². The maximum atomic E-state index is 5.27. The average molecular weight is 274 g/mol. The van der Waals surface area contributed by atoms with Gasteiger partial charge in [-0.25, -0.2) is 9.97 Å². The first kappa shape index (κ1) is 13.9. The highest BCUT2D eigenvalue weighted by Gasteiger charge is 2.06. The van der Waals surface area contributed by atoms with Crippen LogP contribution in [-0.4, -0.2) is 38.3 Å². The highest BCUT2D eigenvalue weighted by atomic mass is 16.5. The predicted octanol–water partition coefficient (Wildman–Crippen LogP) is 2.30. The molecule has 0 radical (unpaired) electrons. The van der Waals surface area contributed by atoms with Gasteiger partial charge in [-0.05, 0) is 12.1 Å². The molecule has 0 aliphatic carbocycles. The van der Waals surface area contributed by atoms with Crippen molar-refractivity contribution in [3.63, 3.8) is 0 Å². The number of nitrogens with zero attached hydrogens (tertiary/aromatic N) is 3. The lowest BCUT2D eigenvalue weighted by Crippen LogP contribution is -2.11. The van der Waals surface area contributed by atoms with Crippen LogP contribution in [0.25, 0.3) is 0 Å². The topological polar surface area (TPSA) is 59.5 Å². The van der Waals surface area contributed by atoms with Gasteiger partial charge in [-0.2, -0.15) is 0 Å². The fourth-order valence-electron chi connectivity index (χ4n) is 1.72. The van der Waals surface area contributed by atoms with Gasteiger partial charge in [0, 0.05) is 31.9 Å². The molecule has 6 nitrogen and oxygen atoms in total. The fraction of sp³-hybridized carbons (Fsp3) is 0.286. The number of aromatic nitrogens is 2. The summed E-state index contributed by atoms with van der Waals surface area (Å²) < 4.78 is 10.5. The molecule has 1 heterocycles. The molecule has 0 fully saturated rings. The van der Waals surface area contributed by atoms with Crippen LogP contribution in [-0.2, 0) is 0 Å². The van der Waals surface area contributed by atoms with E-state index in [0.717, 1.165) is 17.3 Å². The van der Waals surface area contributed by atoms with E-state index in [2.05, 4.69) is 15.3 Å². The van der Waals surface area contributed by atoms with Gasteiger partial charge >= 0.3 is 0 Å². The summed E-state index contributed by atoms with van der Waals surface area (Å²) in [6.07, 6.45) is 1.53. The number of anilines is 3. The molecule has 1 aromatic carbocycles. The summed E-state index contributed by atoms with van der Waals surface area (Å²) >= 11 is 0. The van der Waals surface area contributed by atoms with Crippen LogP contribution in [0.15, 0.2) is 30.6 Å². The molecule has 0 amide bonds. The normalized spacial score (nSPS) is 10.0. The molecule has 106 valence electrons. The third-order valence-corrected chi connectivity index (χ3v) is 2.77. The Bertz CT molecular complexity index is 587. The van der Waals surface area contributed by atoms with E-state index in [9.17, 15) is 0 Å². The number of nitrogens with one attached hydrogen (secondary N) is 1. The van der Waals surface area contributed by atoms with Crippen LogP contribution >= 0.6 is 0 Å². The summed E-state index contributed by atoms with van der Waals surface area (Å²) in [5, 5.41) is 3.21. The second-order valence-corrected chi connectivity index (χ2v) is 4.35. The highest BCUT2D eigenvalue weighted by molar-refractivity contribution is 5.63. The van der Waals surface area contributed by atoms with Crippen molar-refractivity contribution < 1.29 is 9.47 Å². The van der Waals surface area contributed by atoms with E-state index in [1.807, 2.05) is 43.3 Å². The molecule has 1 aromatic heterocycles. The Labute approximate surface area is 118 Å². The fourth-order valence-corrected chi connectivity index (χ4v) is 1.72. The standard InChI is InChI=1S/C14H18N4O2/c1-18(2)14-8-13(15-9-16-14)17-10-5-6-11(19-3)12(7-10)20-4/h5-9H,1-4H3,(H,15,16,17). The van der Waals surface area contributed by atoms with Crippen LogP contribution in [0, 0.1) is 0 Å². The van der Waals surface area contributed by atoms with E-state index in [-0.39, 0.29) is 0 Å². The monoisotopic (exact) mass is 274 g/mol. The molecule has 1 N–H and O–H groups in total. The van der Waals surface area contributed by atoms with Crippen molar-refractivity contribution >= 4 is 17.3 Å². The molecule has 6 heteroatoms. The summed E-state index contributed by atoms with van der Waals surface area (Å²) in [5.41, 5.74) is 0.867. The van der Waals surface area contributed by atoms with E-state index in [0.29, 0.717) is 11.5 Å². The van der Waals surface area contributed by atoms with Crippen LogP contribution < -0.4 is 19.7 Å². The van der Waals surface area contributed by atoms with E-state index in [1.165, 1.54) is 6.33 Å². The van der Waals surface area contributed by atoms with Crippen LogP contribution in [0.5, 0.6) is 11.5 Å². The minimum Gasteiger partial charge on any atom is -0.493 e. The molecule has 0 saturated carbocycles. The lowest BCUT2D eigenvalue weighted by atomic mass is 10.2. The van der Waals surface area contributed by atoms with Crippen molar-refractivity contribution in [3.05, 3.63) is 30.6 Å². The Kier molecular flexibility index (Phi) is 4.24. The zero-order chi connectivity index (χ0) is 14.5.